The maximum Gasteiger partial charge on any atom is 0.471 e. The van der Waals surface area contributed by atoms with Crippen molar-refractivity contribution in [3.05, 3.63) is 72.2 Å². The molecule has 1 aromatic carbocycles. The zero-order valence-electron chi connectivity index (χ0n) is 19.5. The molecule has 0 atom stereocenters. The van der Waals surface area contributed by atoms with Crippen LogP contribution < -0.4 is 16.1 Å². The summed E-state index contributed by atoms with van der Waals surface area (Å²) in [6.45, 7) is -0.930. The van der Waals surface area contributed by atoms with Crippen LogP contribution in [0.15, 0.2) is 38.3 Å². The number of alkyl halides is 3. The van der Waals surface area contributed by atoms with Crippen LogP contribution in [0.4, 0.5) is 22.0 Å². The van der Waals surface area contributed by atoms with Crippen LogP contribution in [0.25, 0.3) is 27.6 Å². The third-order valence-electron chi connectivity index (χ3n) is 5.33. The van der Waals surface area contributed by atoms with Gasteiger partial charge in [0.25, 0.3) is 5.56 Å². The highest BCUT2D eigenvalue weighted by molar-refractivity contribution is 7.46. The molecule has 0 amide bonds. The van der Waals surface area contributed by atoms with Crippen LogP contribution in [0, 0.1) is 11.6 Å². The van der Waals surface area contributed by atoms with E-state index in [4.69, 9.17) is 9.79 Å². The molecule has 3 aromatic heterocycles. The lowest BCUT2D eigenvalue weighted by atomic mass is 10.1. The van der Waals surface area contributed by atoms with E-state index < -0.39 is 54.7 Å². The lowest BCUT2D eigenvalue weighted by molar-refractivity contribution is -0.140. The number of fused-ring (bicyclic) bond motifs is 1. The van der Waals surface area contributed by atoms with E-state index in [-0.39, 0.29) is 21.6 Å². The first-order valence-corrected chi connectivity index (χ1v) is 13.5. The second-order valence-electron chi connectivity index (χ2n) is 7.77. The number of aryl methyl sites for hydroxylation is 1. The summed E-state index contributed by atoms with van der Waals surface area (Å²) in [5.41, 5.74) is -3.77. The molecule has 19 heteroatoms. The Labute approximate surface area is 221 Å². The number of phosphoric acid groups is 1. The van der Waals surface area contributed by atoms with Crippen LogP contribution in [-0.2, 0) is 36.1 Å². The van der Waals surface area contributed by atoms with Gasteiger partial charge in [-0.3, -0.25) is 23.0 Å². The van der Waals surface area contributed by atoms with E-state index in [0.717, 1.165) is 38.2 Å². The number of hydrogen-bond acceptors (Lipinski definition) is 8. The monoisotopic (exact) mass is 611 g/mol. The molecule has 0 unspecified atom stereocenters. The van der Waals surface area contributed by atoms with Gasteiger partial charge in [0.15, 0.2) is 16.4 Å². The van der Waals surface area contributed by atoms with Crippen LogP contribution in [0.1, 0.15) is 11.3 Å². The van der Waals surface area contributed by atoms with Crippen molar-refractivity contribution >= 4 is 47.0 Å². The summed E-state index contributed by atoms with van der Waals surface area (Å²) in [7, 11) is -2.32. The lowest BCUT2D eigenvalue weighted by Crippen LogP contribution is -2.36. The predicted octanol–water partition coefficient (Wildman–Crippen LogP) is 3.16. The molecule has 0 aliphatic carbocycles. The topological polar surface area (TPSA) is 141 Å². The average Bonchev–Trinajstić information content (AvgIpc) is 3.45. The standard InChI is InChI=1S/C20H15F5N5O6PS2/c1-28-16(31)13-11(27-39-17(13)29(2)19(28)32)5-6-26-18-30(8-36-37(33,34)35)12(7-38-18)9-3-4-10(20(23,24)25)15(22)14(9)21/h3-7H,8H2,1-2H3,(H2,33,34,35). The van der Waals surface area contributed by atoms with Crippen molar-refractivity contribution in [2.75, 3.05) is 0 Å². The fraction of sp³-hybridized carbons (Fsp3) is 0.200. The van der Waals surface area contributed by atoms with Gasteiger partial charge in [-0.2, -0.15) is 17.5 Å². The molecule has 0 bridgehead atoms. The molecule has 2 N–H and O–H groups in total. The van der Waals surface area contributed by atoms with Crippen molar-refractivity contribution in [3.8, 4) is 11.3 Å². The van der Waals surface area contributed by atoms with E-state index >= 15 is 0 Å². The molecule has 208 valence electrons. The van der Waals surface area contributed by atoms with Crippen molar-refractivity contribution < 1.29 is 40.8 Å². The summed E-state index contributed by atoms with van der Waals surface area (Å²) in [5, 5.41) is 1.30. The van der Waals surface area contributed by atoms with E-state index in [1.54, 1.807) is 0 Å². The molecule has 4 rings (SSSR count). The SMILES string of the molecule is Cn1c(=O)c2c(C=CN=c3scc(-c4ccc(C(F)(F)F)c(F)c4F)n3COP(=O)(O)O)nsc2n(C)c1=O. The first kappa shape index (κ1) is 28.7. The third kappa shape index (κ3) is 5.57. The second-order valence-corrected chi connectivity index (χ2v) is 10.6. The van der Waals surface area contributed by atoms with Crippen molar-refractivity contribution in [2.24, 2.45) is 19.1 Å². The lowest BCUT2D eigenvalue weighted by Gasteiger charge is -2.13. The first-order chi connectivity index (χ1) is 18.1. The molecular weight excluding hydrogens is 596 g/mol. The van der Waals surface area contributed by atoms with Gasteiger partial charge >= 0.3 is 19.7 Å². The minimum atomic E-state index is -5.16. The summed E-state index contributed by atoms with van der Waals surface area (Å²) in [6, 6.07) is 0.996. The number of benzene rings is 1. The van der Waals surface area contributed by atoms with Crippen molar-refractivity contribution in [1.82, 2.24) is 18.1 Å². The summed E-state index contributed by atoms with van der Waals surface area (Å²) < 4.78 is 90.6. The minimum Gasteiger partial charge on any atom is -0.303 e. The van der Waals surface area contributed by atoms with Gasteiger partial charge < -0.3 is 9.79 Å². The van der Waals surface area contributed by atoms with E-state index in [1.165, 1.54) is 30.1 Å². The summed E-state index contributed by atoms with van der Waals surface area (Å²) in [5.74, 6) is -4.00. The highest BCUT2D eigenvalue weighted by Crippen LogP contribution is 2.38. The van der Waals surface area contributed by atoms with Crippen molar-refractivity contribution in [1.29, 1.82) is 0 Å². The van der Waals surface area contributed by atoms with Gasteiger partial charge in [0.2, 0.25) is 0 Å². The Bertz CT molecular complexity index is 1860. The van der Waals surface area contributed by atoms with Gasteiger partial charge in [0.1, 0.15) is 16.9 Å². The molecule has 0 saturated heterocycles. The number of phosphoric ester groups is 1. The van der Waals surface area contributed by atoms with Crippen molar-refractivity contribution in [2.45, 2.75) is 12.9 Å². The largest absolute Gasteiger partial charge is 0.471 e. The predicted molar refractivity (Wildman–Crippen MR) is 130 cm³/mol. The Kier molecular flexibility index (Phi) is 7.63. The van der Waals surface area contributed by atoms with Crippen LogP contribution in [0.5, 0.6) is 0 Å². The number of nitrogens with zero attached hydrogens (tertiary/aromatic N) is 5. The molecule has 0 aliphatic rings. The van der Waals surface area contributed by atoms with Gasteiger partial charge in [-0.15, -0.1) is 11.3 Å². The molecule has 0 aliphatic heterocycles. The first-order valence-electron chi connectivity index (χ1n) is 10.3. The zero-order valence-corrected chi connectivity index (χ0v) is 22.0. The number of hydrogen-bond donors (Lipinski definition) is 2. The molecule has 39 heavy (non-hydrogen) atoms. The zero-order chi connectivity index (χ0) is 28.9. The van der Waals surface area contributed by atoms with Crippen LogP contribution in [0.2, 0.25) is 0 Å². The number of rotatable bonds is 6. The number of thiazole rings is 1. The minimum absolute atomic E-state index is 0.0887. The Morgan fingerprint density at radius 3 is 2.49 bits per heavy atom. The molecule has 0 radical (unpaired) electrons. The average molecular weight is 611 g/mol. The fourth-order valence-corrected chi connectivity index (χ4v) is 5.40. The fourth-order valence-electron chi connectivity index (χ4n) is 3.45. The summed E-state index contributed by atoms with van der Waals surface area (Å²) >= 11 is 1.65. The van der Waals surface area contributed by atoms with E-state index in [1.807, 2.05) is 0 Å². The molecular formula is C20H15F5N5O6PS2. The molecule has 0 saturated carbocycles. The summed E-state index contributed by atoms with van der Waals surface area (Å²) in [4.78, 5) is 47.2. The highest BCUT2D eigenvalue weighted by Gasteiger charge is 2.36. The number of halogens is 5. The van der Waals surface area contributed by atoms with Crippen molar-refractivity contribution in [3.63, 3.8) is 0 Å². The van der Waals surface area contributed by atoms with Gasteiger partial charge in [0, 0.05) is 31.2 Å². The maximum absolute atomic E-state index is 14.7. The van der Waals surface area contributed by atoms with Gasteiger partial charge in [0.05, 0.1) is 17.0 Å². The van der Waals surface area contributed by atoms with Crippen LogP contribution in [0.3, 0.4) is 0 Å². The third-order valence-corrected chi connectivity index (χ3v) is 7.60. The maximum atomic E-state index is 14.7. The van der Waals surface area contributed by atoms with Crippen LogP contribution >= 0.6 is 30.7 Å². The normalized spacial score (nSPS) is 13.3. The van der Waals surface area contributed by atoms with Crippen LogP contribution in [-0.4, -0.2) is 27.9 Å². The van der Waals surface area contributed by atoms with Gasteiger partial charge in [-0.05, 0) is 29.7 Å². The molecule has 4 aromatic rings. The van der Waals surface area contributed by atoms with E-state index in [2.05, 4.69) is 13.9 Å². The van der Waals surface area contributed by atoms with E-state index in [0.29, 0.717) is 17.0 Å². The highest BCUT2D eigenvalue weighted by atomic mass is 32.1. The van der Waals surface area contributed by atoms with Gasteiger partial charge in [-0.1, -0.05) is 0 Å². The Morgan fingerprint density at radius 2 is 1.85 bits per heavy atom. The molecule has 3 heterocycles. The molecule has 0 fully saturated rings. The number of aromatic nitrogens is 4. The Hall–Kier alpha value is -3.28. The Morgan fingerprint density at radius 1 is 1.15 bits per heavy atom. The molecule has 0 spiro atoms. The Balaban J connectivity index is 1.83. The van der Waals surface area contributed by atoms with Gasteiger partial charge in [-0.25, -0.2) is 23.1 Å². The quantitative estimate of drug-likeness (QED) is 0.252. The molecule has 11 nitrogen and oxygen atoms in total. The second kappa shape index (κ2) is 10.4. The summed E-state index contributed by atoms with van der Waals surface area (Å²) in [6.07, 6.45) is -2.71. The van der Waals surface area contributed by atoms with E-state index in [9.17, 15) is 36.1 Å². The smallest absolute Gasteiger partial charge is 0.303 e.